The highest BCUT2D eigenvalue weighted by Crippen LogP contribution is 2.32. The summed E-state index contributed by atoms with van der Waals surface area (Å²) in [4.78, 5) is 8.72. The summed E-state index contributed by atoms with van der Waals surface area (Å²) in [5.74, 6) is 1.35. The highest BCUT2D eigenvalue weighted by Gasteiger charge is 2.39. The maximum atomic E-state index is 10.5. The molecule has 3 atom stereocenters. The van der Waals surface area contributed by atoms with Gasteiger partial charge in [-0.2, -0.15) is 0 Å². The lowest BCUT2D eigenvalue weighted by Gasteiger charge is -2.34. The van der Waals surface area contributed by atoms with Crippen LogP contribution in [0.1, 0.15) is 25.7 Å². The van der Waals surface area contributed by atoms with Crippen LogP contribution in [0.25, 0.3) is 0 Å². The van der Waals surface area contributed by atoms with Crippen molar-refractivity contribution in [3.63, 3.8) is 0 Å². The van der Waals surface area contributed by atoms with E-state index in [0.29, 0.717) is 5.92 Å². The van der Waals surface area contributed by atoms with Crippen LogP contribution in [0.2, 0.25) is 6.04 Å². The molecular weight excluding hydrogens is 326 g/mol. The molecule has 0 saturated heterocycles. The molecule has 8 heteroatoms. The average Bonchev–Trinajstić information content (AvgIpc) is 2.55. The number of guanidine groups is 1. The minimum atomic E-state index is -2.52. The van der Waals surface area contributed by atoms with Gasteiger partial charge in [0.15, 0.2) is 5.96 Å². The van der Waals surface area contributed by atoms with Crippen molar-refractivity contribution in [2.24, 2.45) is 10.9 Å². The quantitative estimate of drug-likeness (QED) is 0.418. The Morgan fingerprint density at radius 2 is 1.58 bits per heavy atom. The number of nitrogens with zero attached hydrogens (tertiary/aromatic N) is 3. The largest absolute Gasteiger partial charge is 0.500 e. The van der Waals surface area contributed by atoms with Crippen LogP contribution in [0.4, 0.5) is 0 Å². The third-order valence-electron chi connectivity index (χ3n) is 4.76. The van der Waals surface area contributed by atoms with E-state index < -0.39 is 14.9 Å². The molecule has 24 heavy (non-hydrogen) atoms. The van der Waals surface area contributed by atoms with Crippen LogP contribution in [-0.4, -0.2) is 91.3 Å². The van der Waals surface area contributed by atoms with Crippen LogP contribution in [0.15, 0.2) is 4.99 Å². The Hall–Kier alpha value is -0.673. The Labute approximate surface area is 148 Å². The van der Waals surface area contributed by atoms with E-state index in [9.17, 15) is 5.11 Å². The van der Waals surface area contributed by atoms with E-state index in [1.54, 1.807) is 21.3 Å². The molecular formula is C16H35N3O4Si. The summed E-state index contributed by atoms with van der Waals surface area (Å²) in [5.41, 5.74) is 0. The van der Waals surface area contributed by atoms with Gasteiger partial charge in [-0.15, -0.1) is 0 Å². The first-order valence-electron chi connectivity index (χ1n) is 8.54. The highest BCUT2D eigenvalue weighted by molar-refractivity contribution is 6.60. The fourth-order valence-electron chi connectivity index (χ4n) is 3.34. The Morgan fingerprint density at radius 3 is 2.00 bits per heavy atom. The van der Waals surface area contributed by atoms with Gasteiger partial charge >= 0.3 is 8.80 Å². The first kappa shape index (κ1) is 21.4. The molecule has 1 fully saturated rings. The van der Waals surface area contributed by atoms with Gasteiger partial charge in [-0.25, -0.2) is 4.99 Å². The number of aliphatic hydroxyl groups excluding tert-OH is 1. The minimum Gasteiger partial charge on any atom is -0.391 e. The second-order valence-electron chi connectivity index (χ2n) is 6.87. The zero-order valence-electron chi connectivity index (χ0n) is 16.3. The van der Waals surface area contributed by atoms with Crippen molar-refractivity contribution in [2.75, 3.05) is 49.5 Å². The summed E-state index contributed by atoms with van der Waals surface area (Å²) in [6, 6.07) is 0.748. The Morgan fingerprint density at radius 1 is 1.04 bits per heavy atom. The average molecular weight is 362 g/mol. The molecule has 1 rings (SSSR count). The SMILES string of the molecule is CO[Si](CCC1CCC(N=C(N(C)C)N(C)C)C(O)C1)(OC)OC. The van der Waals surface area contributed by atoms with Crippen molar-refractivity contribution in [2.45, 2.75) is 43.9 Å². The summed E-state index contributed by atoms with van der Waals surface area (Å²) >= 11 is 0. The molecule has 3 unspecified atom stereocenters. The Bertz CT molecular complexity index is 385. The standard InChI is InChI=1S/C16H35N3O4Si/c1-18(2)16(19(3)4)17-14-9-8-13(12-15(14)20)10-11-24(21-5,22-6)23-7/h13-15,20H,8-12H2,1-7H3. The van der Waals surface area contributed by atoms with E-state index in [2.05, 4.69) is 0 Å². The lowest BCUT2D eigenvalue weighted by atomic mass is 9.83. The number of rotatable bonds is 7. The van der Waals surface area contributed by atoms with Crippen molar-refractivity contribution in [3.8, 4) is 0 Å². The smallest absolute Gasteiger partial charge is 0.391 e. The predicted molar refractivity (Wildman–Crippen MR) is 98.1 cm³/mol. The fraction of sp³-hybridized carbons (Fsp3) is 0.938. The van der Waals surface area contributed by atoms with Gasteiger partial charge in [0.05, 0.1) is 12.1 Å². The second-order valence-corrected chi connectivity index (χ2v) is 9.96. The third-order valence-corrected chi connectivity index (χ3v) is 7.53. The van der Waals surface area contributed by atoms with Gasteiger partial charge in [-0.05, 0) is 31.6 Å². The predicted octanol–water partition coefficient (Wildman–Crippen LogP) is 1.26. The molecule has 0 aromatic rings. The highest BCUT2D eigenvalue weighted by atomic mass is 28.4. The lowest BCUT2D eigenvalue weighted by Crippen LogP contribution is -2.44. The number of aliphatic hydroxyl groups is 1. The van der Waals surface area contributed by atoms with Gasteiger partial charge in [-0.1, -0.05) is 0 Å². The molecule has 0 radical (unpaired) electrons. The summed E-state index contributed by atoms with van der Waals surface area (Å²) < 4.78 is 16.4. The van der Waals surface area contributed by atoms with Gasteiger partial charge in [-0.3, -0.25) is 0 Å². The van der Waals surface area contributed by atoms with Crippen molar-refractivity contribution in [1.82, 2.24) is 9.80 Å². The molecule has 1 N–H and O–H groups in total. The van der Waals surface area contributed by atoms with Crippen molar-refractivity contribution in [3.05, 3.63) is 0 Å². The van der Waals surface area contributed by atoms with Gasteiger partial charge in [0.1, 0.15) is 0 Å². The van der Waals surface area contributed by atoms with Crippen molar-refractivity contribution >= 4 is 14.8 Å². The third kappa shape index (κ3) is 5.70. The van der Waals surface area contributed by atoms with E-state index in [-0.39, 0.29) is 6.04 Å². The van der Waals surface area contributed by atoms with Gasteiger partial charge in [0.25, 0.3) is 0 Å². The Balaban J connectivity index is 2.61. The maximum absolute atomic E-state index is 10.5. The molecule has 0 spiro atoms. The normalized spacial score (nSPS) is 24.6. The van der Waals surface area contributed by atoms with Crippen LogP contribution < -0.4 is 0 Å². The van der Waals surface area contributed by atoms with Crippen LogP contribution in [0.3, 0.4) is 0 Å². The first-order chi connectivity index (χ1) is 11.3. The molecule has 0 bridgehead atoms. The zero-order chi connectivity index (χ0) is 18.3. The monoisotopic (exact) mass is 361 g/mol. The number of aliphatic imine (C=N–C) groups is 1. The zero-order valence-corrected chi connectivity index (χ0v) is 17.3. The summed E-state index contributed by atoms with van der Waals surface area (Å²) in [6.45, 7) is 0. The molecule has 142 valence electrons. The minimum absolute atomic E-state index is 0.0321. The van der Waals surface area contributed by atoms with E-state index in [4.69, 9.17) is 18.3 Å². The second kappa shape index (κ2) is 9.72. The first-order valence-corrected chi connectivity index (χ1v) is 10.5. The van der Waals surface area contributed by atoms with E-state index in [1.165, 1.54) is 0 Å². The van der Waals surface area contributed by atoms with Crippen LogP contribution in [-0.2, 0) is 13.3 Å². The topological polar surface area (TPSA) is 66.8 Å². The van der Waals surface area contributed by atoms with Gasteiger partial charge in [0.2, 0.25) is 0 Å². The van der Waals surface area contributed by atoms with Crippen molar-refractivity contribution < 1.29 is 18.4 Å². The van der Waals surface area contributed by atoms with Crippen LogP contribution in [0.5, 0.6) is 0 Å². The van der Waals surface area contributed by atoms with Gasteiger partial charge in [0, 0.05) is 55.6 Å². The van der Waals surface area contributed by atoms with Crippen LogP contribution in [0, 0.1) is 5.92 Å². The summed E-state index contributed by atoms with van der Waals surface area (Å²) in [6.07, 6.45) is 3.27. The molecule has 0 aliphatic heterocycles. The molecule has 1 aliphatic carbocycles. The van der Waals surface area contributed by atoms with E-state index in [1.807, 2.05) is 38.0 Å². The maximum Gasteiger partial charge on any atom is 0.500 e. The van der Waals surface area contributed by atoms with Crippen molar-refractivity contribution in [1.29, 1.82) is 0 Å². The number of hydrogen-bond acceptors (Lipinski definition) is 5. The Kier molecular flexibility index (Phi) is 8.65. The fourth-order valence-corrected chi connectivity index (χ4v) is 5.22. The molecule has 7 nitrogen and oxygen atoms in total. The van der Waals surface area contributed by atoms with Gasteiger partial charge < -0.3 is 28.2 Å². The molecule has 0 aromatic carbocycles. The summed E-state index contributed by atoms with van der Waals surface area (Å²) in [5, 5.41) is 10.5. The molecule has 1 saturated carbocycles. The molecule has 0 heterocycles. The number of hydrogen-bond donors (Lipinski definition) is 1. The molecule has 0 amide bonds. The molecule has 0 aromatic heterocycles. The summed E-state index contributed by atoms with van der Waals surface area (Å²) in [7, 11) is 10.3. The molecule has 1 aliphatic rings. The van der Waals surface area contributed by atoms with E-state index in [0.717, 1.165) is 37.7 Å². The van der Waals surface area contributed by atoms with Crippen LogP contribution >= 0.6 is 0 Å². The lowest BCUT2D eigenvalue weighted by molar-refractivity contribution is 0.0750. The van der Waals surface area contributed by atoms with E-state index >= 15 is 0 Å².